The Morgan fingerprint density at radius 1 is 1.11 bits per heavy atom. The lowest BCUT2D eigenvalue weighted by atomic mass is 10.1. The highest BCUT2D eigenvalue weighted by molar-refractivity contribution is 5.91. The van der Waals surface area contributed by atoms with Gasteiger partial charge in [0.05, 0.1) is 12.3 Å². The fourth-order valence-electron chi connectivity index (χ4n) is 2.40. The molecule has 3 N–H and O–H groups in total. The fraction of sp³-hybridized carbons (Fsp3) is 0.286. The fourth-order valence-corrected chi connectivity index (χ4v) is 2.40. The van der Waals surface area contributed by atoms with Gasteiger partial charge in [0.15, 0.2) is 0 Å². The molecule has 2 rings (SSSR count). The van der Waals surface area contributed by atoms with Gasteiger partial charge >= 0.3 is 0 Å². The van der Waals surface area contributed by atoms with Crippen molar-refractivity contribution >= 4 is 29.5 Å². The van der Waals surface area contributed by atoms with Crippen LogP contribution in [0, 0.1) is 0 Å². The van der Waals surface area contributed by atoms with Crippen LogP contribution < -0.4 is 16.0 Å². The van der Waals surface area contributed by atoms with Crippen LogP contribution >= 0.6 is 0 Å². The Labute approximate surface area is 164 Å². The molecule has 28 heavy (non-hydrogen) atoms. The maximum atomic E-state index is 12.1. The molecular formula is C21H25N3O4. The molecule has 7 heteroatoms. The quantitative estimate of drug-likeness (QED) is 0.580. The minimum atomic E-state index is -0.290. The largest absolute Gasteiger partial charge is 0.465 e. The van der Waals surface area contributed by atoms with E-state index >= 15 is 0 Å². The molecular weight excluding hydrogens is 358 g/mol. The number of carbonyl (C=O) groups is 3. The second-order valence-corrected chi connectivity index (χ2v) is 6.20. The second-order valence-electron chi connectivity index (χ2n) is 6.20. The summed E-state index contributed by atoms with van der Waals surface area (Å²) in [6.45, 7) is 3.91. The highest BCUT2D eigenvalue weighted by atomic mass is 16.3. The molecule has 148 valence electrons. The summed E-state index contributed by atoms with van der Waals surface area (Å²) in [7, 11) is 0. The number of carbonyl (C=O) groups excluding carboxylic acids is 3. The Balaban J connectivity index is 1.71. The molecule has 0 saturated carbocycles. The Morgan fingerprint density at radius 2 is 1.86 bits per heavy atom. The van der Waals surface area contributed by atoms with Gasteiger partial charge in [-0.1, -0.05) is 19.1 Å². The number of hydrogen-bond donors (Lipinski definition) is 3. The Bertz CT molecular complexity index is 811. The SMILES string of the molecule is CCC(=O)Nc1ccc(C(C)NC(=O)CCNC(=O)/C=C/c2ccco2)cc1. The van der Waals surface area contributed by atoms with E-state index in [1.54, 1.807) is 37.3 Å². The molecule has 1 aromatic carbocycles. The van der Waals surface area contributed by atoms with E-state index in [4.69, 9.17) is 4.42 Å². The smallest absolute Gasteiger partial charge is 0.244 e. The summed E-state index contributed by atoms with van der Waals surface area (Å²) in [5, 5.41) is 8.32. The first-order valence-corrected chi connectivity index (χ1v) is 9.16. The van der Waals surface area contributed by atoms with Gasteiger partial charge in [0, 0.05) is 31.1 Å². The van der Waals surface area contributed by atoms with E-state index < -0.39 is 0 Å². The van der Waals surface area contributed by atoms with Crippen LogP contribution in [0.5, 0.6) is 0 Å². The van der Waals surface area contributed by atoms with Gasteiger partial charge in [0.1, 0.15) is 5.76 Å². The molecule has 0 aliphatic rings. The van der Waals surface area contributed by atoms with Crippen molar-refractivity contribution in [2.24, 2.45) is 0 Å². The van der Waals surface area contributed by atoms with E-state index in [9.17, 15) is 14.4 Å². The molecule has 0 spiro atoms. The molecule has 1 aromatic heterocycles. The zero-order chi connectivity index (χ0) is 20.4. The summed E-state index contributed by atoms with van der Waals surface area (Å²) in [5.41, 5.74) is 1.65. The maximum Gasteiger partial charge on any atom is 0.244 e. The number of anilines is 1. The summed E-state index contributed by atoms with van der Waals surface area (Å²) >= 11 is 0. The minimum Gasteiger partial charge on any atom is -0.465 e. The predicted molar refractivity (Wildman–Crippen MR) is 107 cm³/mol. The topological polar surface area (TPSA) is 100 Å². The van der Waals surface area contributed by atoms with Gasteiger partial charge in [-0.15, -0.1) is 0 Å². The molecule has 0 bridgehead atoms. The zero-order valence-electron chi connectivity index (χ0n) is 16.0. The lowest BCUT2D eigenvalue weighted by molar-refractivity contribution is -0.122. The van der Waals surface area contributed by atoms with Gasteiger partial charge in [0.25, 0.3) is 0 Å². The number of nitrogens with one attached hydrogen (secondary N) is 3. The van der Waals surface area contributed by atoms with Crippen LogP contribution in [0.4, 0.5) is 5.69 Å². The van der Waals surface area contributed by atoms with Gasteiger partial charge in [-0.2, -0.15) is 0 Å². The number of hydrogen-bond acceptors (Lipinski definition) is 4. The Hall–Kier alpha value is -3.35. The van der Waals surface area contributed by atoms with E-state index in [1.165, 1.54) is 12.3 Å². The van der Waals surface area contributed by atoms with Gasteiger partial charge in [-0.05, 0) is 42.8 Å². The molecule has 0 fully saturated rings. The van der Waals surface area contributed by atoms with Crippen LogP contribution in [-0.4, -0.2) is 24.3 Å². The van der Waals surface area contributed by atoms with Crippen LogP contribution in [0.15, 0.2) is 53.2 Å². The van der Waals surface area contributed by atoms with Crippen LogP contribution in [0.25, 0.3) is 6.08 Å². The van der Waals surface area contributed by atoms with Crippen molar-refractivity contribution in [2.45, 2.75) is 32.7 Å². The first-order valence-electron chi connectivity index (χ1n) is 9.16. The highest BCUT2D eigenvalue weighted by Crippen LogP contribution is 2.16. The number of amides is 3. The van der Waals surface area contributed by atoms with E-state index in [0.29, 0.717) is 12.2 Å². The minimum absolute atomic E-state index is 0.0462. The van der Waals surface area contributed by atoms with Crippen molar-refractivity contribution in [1.82, 2.24) is 10.6 Å². The monoisotopic (exact) mass is 383 g/mol. The average Bonchev–Trinajstić information content (AvgIpc) is 3.20. The number of rotatable bonds is 9. The lowest BCUT2D eigenvalue weighted by Crippen LogP contribution is -2.31. The van der Waals surface area contributed by atoms with Crippen molar-refractivity contribution in [1.29, 1.82) is 0 Å². The normalized spacial score (nSPS) is 11.8. The molecule has 3 amide bonds. The molecule has 1 unspecified atom stereocenters. The molecule has 1 heterocycles. The molecule has 0 aliphatic carbocycles. The maximum absolute atomic E-state index is 12.1. The van der Waals surface area contributed by atoms with Crippen LogP contribution in [0.2, 0.25) is 0 Å². The van der Waals surface area contributed by atoms with Crippen molar-refractivity contribution in [3.05, 3.63) is 60.1 Å². The third-order valence-electron chi connectivity index (χ3n) is 3.99. The third kappa shape index (κ3) is 7.11. The standard InChI is InChI=1S/C21H25N3O4/c1-3-19(25)24-17-8-6-16(7-9-17)15(2)23-21(27)12-13-22-20(26)11-10-18-5-4-14-28-18/h4-11,14-15H,3,12-13H2,1-2H3,(H,22,26)(H,23,27)(H,24,25)/b11-10+. The summed E-state index contributed by atoms with van der Waals surface area (Å²) in [6.07, 6.45) is 5.04. The predicted octanol–water partition coefficient (Wildman–Crippen LogP) is 3.03. The zero-order valence-corrected chi connectivity index (χ0v) is 16.0. The Kier molecular flexibility index (Phi) is 8.02. The molecule has 7 nitrogen and oxygen atoms in total. The first kappa shape index (κ1) is 21.0. The van der Waals surface area contributed by atoms with Gasteiger partial charge in [-0.25, -0.2) is 0 Å². The van der Waals surface area contributed by atoms with Crippen LogP contribution in [0.3, 0.4) is 0 Å². The van der Waals surface area contributed by atoms with Crippen LogP contribution in [0.1, 0.15) is 44.1 Å². The van der Waals surface area contributed by atoms with Crippen molar-refractivity contribution < 1.29 is 18.8 Å². The van der Waals surface area contributed by atoms with E-state index in [-0.39, 0.29) is 36.7 Å². The lowest BCUT2D eigenvalue weighted by Gasteiger charge is -2.15. The molecule has 2 aromatic rings. The molecule has 0 saturated heterocycles. The highest BCUT2D eigenvalue weighted by Gasteiger charge is 2.10. The second kappa shape index (κ2) is 10.7. The molecule has 0 aliphatic heterocycles. The van der Waals surface area contributed by atoms with E-state index in [1.807, 2.05) is 19.1 Å². The van der Waals surface area contributed by atoms with E-state index in [2.05, 4.69) is 16.0 Å². The first-order chi connectivity index (χ1) is 13.5. The number of benzene rings is 1. The van der Waals surface area contributed by atoms with Gasteiger partial charge in [-0.3, -0.25) is 14.4 Å². The molecule has 1 atom stereocenters. The summed E-state index contributed by atoms with van der Waals surface area (Å²) in [5.74, 6) is 0.0882. The van der Waals surface area contributed by atoms with E-state index in [0.717, 1.165) is 11.3 Å². The average molecular weight is 383 g/mol. The summed E-state index contributed by atoms with van der Waals surface area (Å²) in [4.78, 5) is 35.1. The summed E-state index contributed by atoms with van der Waals surface area (Å²) in [6, 6.07) is 10.6. The molecule has 0 radical (unpaired) electrons. The summed E-state index contributed by atoms with van der Waals surface area (Å²) < 4.78 is 5.09. The van der Waals surface area contributed by atoms with Crippen LogP contribution in [-0.2, 0) is 14.4 Å². The van der Waals surface area contributed by atoms with Gasteiger partial charge < -0.3 is 20.4 Å². The third-order valence-corrected chi connectivity index (χ3v) is 3.99. The van der Waals surface area contributed by atoms with Crippen molar-refractivity contribution in [3.63, 3.8) is 0 Å². The van der Waals surface area contributed by atoms with Crippen molar-refractivity contribution in [2.75, 3.05) is 11.9 Å². The Morgan fingerprint density at radius 3 is 2.50 bits per heavy atom. The van der Waals surface area contributed by atoms with Gasteiger partial charge in [0.2, 0.25) is 17.7 Å². The number of furan rings is 1. The van der Waals surface area contributed by atoms with Crippen molar-refractivity contribution in [3.8, 4) is 0 Å².